The standard InChI is InChI=1S/C6H4BrF3N2/c7-3-1-4(11)5(12-2-3)6(8,9)10/h1-2H,11H2. The maximum Gasteiger partial charge on any atom is 0.435 e. The molecule has 0 spiro atoms. The Morgan fingerprint density at radius 1 is 1.42 bits per heavy atom. The molecule has 0 saturated carbocycles. The molecular formula is C6H4BrF3N2. The van der Waals surface area contributed by atoms with Gasteiger partial charge in [0.2, 0.25) is 0 Å². The van der Waals surface area contributed by atoms with Gasteiger partial charge < -0.3 is 5.73 Å². The number of nitrogens with zero attached hydrogens (tertiary/aromatic N) is 1. The molecule has 12 heavy (non-hydrogen) atoms. The SMILES string of the molecule is Nc1cc(Br)cnc1C(F)(F)F. The number of nitrogens with two attached hydrogens (primary N) is 1. The van der Waals surface area contributed by atoms with Crippen molar-refractivity contribution in [3.63, 3.8) is 0 Å². The van der Waals surface area contributed by atoms with Crippen LogP contribution < -0.4 is 5.73 Å². The van der Waals surface area contributed by atoms with E-state index in [0.717, 1.165) is 12.3 Å². The second kappa shape index (κ2) is 2.93. The van der Waals surface area contributed by atoms with Crippen molar-refractivity contribution >= 4 is 21.6 Å². The van der Waals surface area contributed by atoms with E-state index in [1.54, 1.807) is 0 Å². The number of rotatable bonds is 0. The largest absolute Gasteiger partial charge is 0.435 e. The molecule has 2 nitrogen and oxygen atoms in total. The maximum atomic E-state index is 12.0. The zero-order chi connectivity index (χ0) is 9.35. The molecule has 0 radical (unpaired) electrons. The molecule has 1 rings (SSSR count). The molecule has 1 aromatic rings. The Bertz CT molecular complexity index is 297. The molecule has 0 bridgehead atoms. The van der Waals surface area contributed by atoms with Gasteiger partial charge in [-0.15, -0.1) is 0 Å². The molecule has 0 aromatic carbocycles. The van der Waals surface area contributed by atoms with Crippen molar-refractivity contribution in [1.29, 1.82) is 0 Å². The Balaban J connectivity index is 3.19. The topological polar surface area (TPSA) is 38.9 Å². The zero-order valence-electron chi connectivity index (χ0n) is 5.69. The number of hydrogen-bond donors (Lipinski definition) is 1. The summed E-state index contributed by atoms with van der Waals surface area (Å²) in [7, 11) is 0. The molecule has 1 aromatic heterocycles. The first-order valence-corrected chi connectivity index (χ1v) is 3.69. The minimum atomic E-state index is -4.48. The summed E-state index contributed by atoms with van der Waals surface area (Å²) in [5, 5.41) is 0. The Labute approximate surface area is 74.7 Å². The predicted molar refractivity (Wildman–Crippen MR) is 41.4 cm³/mol. The molecule has 0 aliphatic rings. The summed E-state index contributed by atoms with van der Waals surface area (Å²) in [6.45, 7) is 0. The van der Waals surface area contributed by atoms with Crippen molar-refractivity contribution in [3.05, 3.63) is 22.4 Å². The van der Waals surface area contributed by atoms with E-state index in [1.165, 1.54) is 0 Å². The minimum Gasteiger partial charge on any atom is -0.397 e. The van der Waals surface area contributed by atoms with Crippen LogP contribution in [0.25, 0.3) is 0 Å². The lowest BCUT2D eigenvalue weighted by Gasteiger charge is -2.07. The Morgan fingerprint density at radius 3 is 2.42 bits per heavy atom. The molecule has 2 N–H and O–H groups in total. The number of pyridine rings is 1. The van der Waals surface area contributed by atoms with Gasteiger partial charge >= 0.3 is 6.18 Å². The number of alkyl halides is 3. The molecule has 0 unspecified atom stereocenters. The van der Waals surface area contributed by atoms with Gasteiger partial charge in [-0.3, -0.25) is 0 Å². The van der Waals surface area contributed by atoms with Gasteiger partial charge in [-0.1, -0.05) is 0 Å². The molecular weight excluding hydrogens is 237 g/mol. The fourth-order valence-electron chi connectivity index (χ4n) is 0.692. The smallest absolute Gasteiger partial charge is 0.397 e. The first kappa shape index (κ1) is 9.31. The summed E-state index contributed by atoms with van der Waals surface area (Å²) in [6, 6.07) is 1.16. The van der Waals surface area contributed by atoms with Crippen LogP contribution in [0.4, 0.5) is 18.9 Å². The number of halogens is 4. The third-order valence-corrected chi connectivity index (χ3v) is 1.59. The second-order valence-electron chi connectivity index (χ2n) is 2.09. The molecule has 0 fully saturated rings. The Kier molecular flexibility index (Phi) is 2.27. The highest BCUT2D eigenvalue weighted by molar-refractivity contribution is 9.10. The third-order valence-electron chi connectivity index (χ3n) is 1.15. The van der Waals surface area contributed by atoms with E-state index < -0.39 is 11.9 Å². The third kappa shape index (κ3) is 1.88. The lowest BCUT2D eigenvalue weighted by molar-refractivity contribution is -0.140. The zero-order valence-corrected chi connectivity index (χ0v) is 7.28. The average molecular weight is 241 g/mol. The van der Waals surface area contributed by atoms with Gasteiger partial charge in [0.05, 0.1) is 5.69 Å². The van der Waals surface area contributed by atoms with Crippen LogP contribution in [0.3, 0.4) is 0 Å². The van der Waals surface area contributed by atoms with Gasteiger partial charge in [0.1, 0.15) is 0 Å². The molecule has 0 saturated heterocycles. The van der Waals surface area contributed by atoms with E-state index in [0.29, 0.717) is 4.47 Å². The first-order chi connectivity index (χ1) is 5.41. The summed E-state index contributed by atoms with van der Waals surface area (Å²) in [4.78, 5) is 3.15. The Hall–Kier alpha value is -0.780. The maximum absolute atomic E-state index is 12.0. The van der Waals surface area contributed by atoms with Crippen LogP contribution in [0, 0.1) is 0 Å². The number of nitrogen functional groups attached to an aromatic ring is 1. The van der Waals surface area contributed by atoms with E-state index >= 15 is 0 Å². The van der Waals surface area contributed by atoms with Gasteiger partial charge in [-0.25, -0.2) is 4.98 Å². The summed E-state index contributed by atoms with van der Waals surface area (Å²) in [5.41, 5.74) is 3.67. The van der Waals surface area contributed by atoms with E-state index in [4.69, 9.17) is 5.73 Å². The minimum absolute atomic E-state index is 0.378. The first-order valence-electron chi connectivity index (χ1n) is 2.89. The van der Waals surface area contributed by atoms with Gasteiger partial charge in [0, 0.05) is 10.7 Å². The highest BCUT2D eigenvalue weighted by atomic mass is 79.9. The van der Waals surface area contributed by atoms with Crippen molar-refractivity contribution in [1.82, 2.24) is 4.98 Å². The highest BCUT2D eigenvalue weighted by Crippen LogP contribution is 2.32. The summed E-state index contributed by atoms with van der Waals surface area (Å²) in [5.74, 6) is 0. The van der Waals surface area contributed by atoms with Crippen molar-refractivity contribution in [3.8, 4) is 0 Å². The van der Waals surface area contributed by atoms with Crippen LogP contribution >= 0.6 is 15.9 Å². The van der Waals surface area contributed by atoms with Crippen LogP contribution in [-0.4, -0.2) is 4.98 Å². The highest BCUT2D eigenvalue weighted by Gasteiger charge is 2.34. The quantitative estimate of drug-likeness (QED) is 0.757. The van der Waals surface area contributed by atoms with Crippen LogP contribution in [0.1, 0.15) is 5.69 Å². The normalized spacial score (nSPS) is 11.7. The van der Waals surface area contributed by atoms with Gasteiger partial charge in [-0.05, 0) is 22.0 Å². The van der Waals surface area contributed by atoms with E-state index in [9.17, 15) is 13.2 Å². The molecule has 0 atom stereocenters. The van der Waals surface area contributed by atoms with Crippen molar-refractivity contribution in [2.45, 2.75) is 6.18 Å². The van der Waals surface area contributed by atoms with E-state index in [2.05, 4.69) is 20.9 Å². The Morgan fingerprint density at radius 2 is 2.00 bits per heavy atom. The number of aromatic nitrogens is 1. The lowest BCUT2D eigenvalue weighted by Crippen LogP contribution is -2.11. The summed E-state index contributed by atoms with van der Waals surface area (Å²) < 4.78 is 36.5. The molecule has 0 amide bonds. The summed E-state index contributed by atoms with van der Waals surface area (Å²) in [6.07, 6.45) is -3.43. The molecule has 6 heteroatoms. The van der Waals surface area contributed by atoms with Crippen molar-refractivity contribution < 1.29 is 13.2 Å². The molecule has 66 valence electrons. The van der Waals surface area contributed by atoms with Gasteiger partial charge in [-0.2, -0.15) is 13.2 Å². The summed E-state index contributed by atoms with van der Waals surface area (Å²) >= 11 is 2.95. The fourth-order valence-corrected chi connectivity index (χ4v) is 1.04. The molecule has 1 heterocycles. The number of anilines is 1. The number of hydrogen-bond acceptors (Lipinski definition) is 2. The van der Waals surface area contributed by atoms with E-state index in [1.807, 2.05) is 0 Å². The van der Waals surface area contributed by atoms with Crippen LogP contribution in [0.5, 0.6) is 0 Å². The molecule has 0 aliphatic heterocycles. The average Bonchev–Trinajstić information content (AvgIpc) is 1.83. The molecule has 0 aliphatic carbocycles. The fraction of sp³-hybridized carbons (Fsp3) is 0.167. The lowest BCUT2D eigenvalue weighted by atomic mass is 10.3. The predicted octanol–water partition coefficient (Wildman–Crippen LogP) is 2.45. The van der Waals surface area contributed by atoms with Crippen LogP contribution in [0.15, 0.2) is 16.7 Å². The second-order valence-corrected chi connectivity index (χ2v) is 3.00. The van der Waals surface area contributed by atoms with Crippen LogP contribution in [-0.2, 0) is 6.18 Å². The van der Waals surface area contributed by atoms with Gasteiger partial charge in [0.15, 0.2) is 5.69 Å². The monoisotopic (exact) mass is 240 g/mol. The van der Waals surface area contributed by atoms with Crippen molar-refractivity contribution in [2.24, 2.45) is 0 Å². The van der Waals surface area contributed by atoms with Crippen molar-refractivity contribution in [2.75, 3.05) is 5.73 Å². The van der Waals surface area contributed by atoms with E-state index in [-0.39, 0.29) is 5.69 Å². The van der Waals surface area contributed by atoms with Gasteiger partial charge in [0.25, 0.3) is 0 Å². The van der Waals surface area contributed by atoms with Crippen LogP contribution in [0.2, 0.25) is 0 Å².